The summed E-state index contributed by atoms with van der Waals surface area (Å²) in [7, 11) is -3.46. The Balaban J connectivity index is 1.29. The van der Waals surface area contributed by atoms with Gasteiger partial charge in [-0.15, -0.1) is 0 Å². The Morgan fingerprint density at radius 2 is 1.62 bits per heavy atom. The largest absolute Gasteiger partial charge is 0.480 e. The topological polar surface area (TPSA) is 101 Å². The summed E-state index contributed by atoms with van der Waals surface area (Å²) < 4.78 is 39.5. The molecule has 212 valence electrons. The van der Waals surface area contributed by atoms with Crippen molar-refractivity contribution in [2.24, 2.45) is 11.8 Å². The van der Waals surface area contributed by atoms with Crippen molar-refractivity contribution in [3.05, 3.63) is 89.7 Å². The van der Waals surface area contributed by atoms with Crippen LogP contribution in [0.4, 0.5) is 4.39 Å². The number of carbonyl (C=O) groups excluding carboxylic acids is 1. The van der Waals surface area contributed by atoms with Gasteiger partial charge in [-0.3, -0.25) is 9.59 Å². The third-order valence-electron chi connectivity index (χ3n) is 7.78. The monoisotopic (exact) mass is 565 g/mol. The van der Waals surface area contributed by atoms with Gasteiger partial charge < -0.3 is 10.4 Å². The molecule has 0 aromatic heterocycles. The maximum atomic E-state index is 13.2. The number of carboxylic acids is 1. The Kier molecular flexibility index (Phi) is 9.87. The van der Waals surface area contributed by atoms with Gasteiger partial charge in [0.25, 0.3) is 0 Å². The summed E-state index contributed by atoms with van der Waals surface area (Å²) in [6.07, 6.45) is 3.23. The molecule has 1 aliphatic rings. The fourth-order valence-electron chi connectivity index (χ4n) is 5.46. The number of nitrogens with one attached hydrogen (secondary N) is 1. The summed E-state index contributed by atoms with van der Waals surface area (Å²) in [6, 6.07) is 20.9. The van der Waals surface area contributed by atoms with Crippen molar-refractivity contribution in [2.75, 3.05) is 12.3 Å². The number of carboxylic acid groups (broad SMARTS) is 1. The minimum absolute atomic E-state index is 0.0187. The number of sulfone groups is 1. The van der Waals surface area contributed by atoms with Gasteiger partial charge in [-0.25, -0.2) is 12.8 Å². The van der Waals surface area contributed by atoms with E-state index in [9.17, 15) is 22.4 Å². The highest BCUT2D eigenvalue weighted by Crippen LogP contribution is 2.34. The number of ketones is 1. The number of aliphatic carboxylic acids is 1. The molecule has 0 bridgehead atoms. The first kappa shape index (κ1) is 29.6. The maximum Gasteiger partial charge on any atom is 0.317 e. The lowest BCUT2D eigenvalue weighted by Gasteiger charge is -2.28. The Labute approximate surface area is 235 Å². The predicted molar refractivity (Wildman–Crippen MR) is 153 cm³/mol. The highest BCUT2D eigenvalue weighted by Gasteiger charge is 2.30. The lowest BCUT2D eigenvalue weighted by Crippen LogP contribution is -2.26. The molecule has 40 heavy (non-hydrogen) atoms. The van der Waals surface area contributed by atoms with Crippen LogP contribution < -0.4 is 5.32 Å². The van der Waals surface area contributed by atoms with Crippen molar-refractivity contribution in [1.29, 1.82) is 0 Å². The van der Waals surface area contributed by atoms with Gasteiger partial charge in [0.15, 0.2) is 9.84 Å². The molecule has 4 rings (SSSR count). The minimum Gasteiger partial charge on any atom is -0.480 e. The molecule has 1 saturated carbocycles. The number of benzene rings is 3. The number of carbonyl (C=O) groups is 2. The molecule has 0 heterocycles. The Morgan fingerprint density at radius 3 is 2.27 bits per heavy atom. The second-order valence-corrected chi connectivity index (χ2v) is 12.9. The van der Waals surface area contributed by atoms with Gasteiger partial charge in [0.05, 0.1) is 17.2 Å². The van der Waals surface area contributed by atoms with Crippen LogP contribution in [0.25, 0.3) is 11.1 Å². The van der Waals surface area contributed by atoms with Gasteiger partial charge >= 0.3 is 5.97 Å². The van der Waals surface area contributed by atoms with Crippen LogP contribution in [0.15, 0.2) is 77.7 Å². The SMILES string of the molecule is C[C@@H](CC(=O)C1CCC(CS(=O)(=O)c2ccc(-c3cccc(CNCC(=O)O)c3)cc2)CC1)c1ccc(F)cc1. The molecule has 8 heteroatoms. The van der Waals surface area contributed by atoms with Gasteiger partial charge in [-0.05, 0) is 90.1 Å². The third-order valence-corrected chi connectivity index (χ3v) is 9.68. The predicted octanol–water partition coefficient (Wildman–Crippen LogP) is 6.01. The molecular formula is C32H36FNO5S. The summed E-state index contributed by atoms with van der Waals surface area (Å²) >= 11 is 0. The molecule has 1 atom stereocenters. The van der Waals surface area contributed by atoms with E-state index in [1.807, 2.05) is 31.2 Å². The summed E-state index contributed by atoms with van der Waals surface area (Å²) in [5.41, 5.74) is 3.69. The Bertz CT molecular complexity index is 1410. The summed E-state index contributed by atoms with van der Waals surface area (Å²) in [5.74, 6) is -0.928. The number of Topliss-reactive ketones (excluding diaryl/α,β-unsaturated/α-hetero) is 1. The maximum absolute atomic E-state index is 13.2. The van der Waals surface area contributed by atoms with E-state index in [2.05, 4.69) is 5.32 Å². The molecule has 3 aromatic carbocycles. The summed E-state index contributed by atoms with van der Waals surface area (Å²) in [4.78, 5) is 23.9. The highest BCUT2D eigenvalue weighted by molar-refractivity contribution is 7.91. The van der Waals surface area contributed by atoms with Crippen molar-refractivity contribution in [2.45, 2.75) is 56.4 Å². The lowest BCUT2D eigenvalue weighted by molar-refractivity contribution is -0.136. The van der Waals surface area contributed by atoms with Gasteiger partial charge in [0, 0.05) is 18.9 Å². The minimum atomic E-state index is -3.46. The van der Waals surface area contributed by atoms with Gasteiger partial charge in [-0.1, -0.05) is 49.4 Å². The van der Waals surface area contributed by atoms with Crippen LogP contribution in [0.2, 0.25) is 0 Å². The molecule has 0 amide bonds. The van der Waals surface area contributed by atoms with Crippen LogP contribution in [0.5, 0.6) is 0 Å². The van der Waals surface area contributed by atoms with Crippen molar-refractivity contribution >= 4 is 21.6 Å². The summed E-state index contributed by atoms with van der Waals surface area (Å²) in [5, 5.41) is 11.7. The zero-order valence-corrected chi connectivity index (χ0v) is 23.5. The zero-order valence-electron chi connectivity index (χ0n) is 22.7. The molecule has 3 aromatic rings. The number of halogens is 1. The zero-order chi connectivity index (χ0) is 28.7. The quantitative estimate of drug-likeness (QED) is 0.279. The van der Waals surface area contributed by atoms with E-state index >= 15 is 0 Å². The molecule has 0 unspecified atom stereocenters. The third kappa shape index (κ3) is 8.08. The fourth-order valence-corrected chi connectivity index (χ4v) is 7.16. The smallest absolute Gasteiger partial charge is 0.317 e. The molecule has 0 radical (unpaired) electrons. The van der Waals surface area contributed by atoms with Crippen LogP contribution >= 0.6 is 0 Å². The van der Waals surface area contributed by atoms with Gasteiger partial charge in [-0.2, -0.15) is 0 Å². The molecular weight excluding hydrogens is 529 g/mol. The van der Waals surface area contributed by atoms with Gasteiger partial charge in [0.1, 0.15) is 11.6 Å². The van der Waals surface area contributed by atoms with E-state index in [0.717, 1.165) is 22.3 Å². The van der Waals surface area contributed by atoms with E-state index in [-0.39, 0.29) is 41.7 Å². The van der Waals surface area contributed by atoms with Crippen LogP contribution in [-0.4, -0.2) is 37.6 Å². The normalized spacial score (nSPS) is 18.2. The van der Waals surface area contributed by atoms with E-state index in [0.29, 0.717) is 43.5 Å². The molecule has 1 fully saturated rings. The van der Waals surface area contributed by atoms with Crippen LogP contribution in [0.1, 0.15) is 56.1 Å². The second kappa shape index (κ2) is 13.3. The van der Waals surface area contributed by atoms with Crippen LogP contribution in [0.3, 0.4) is 0 Å². The van der Waals surface area contributed by atoms with E-state index < -0.39 is 15.8 Å². The molecule has 2 N–H and O–H groups in total. The average Bonchev–Trinajstić information content (AvgIpc) is 2.93. The lowest BCUT2D eigenvalue weighted by atomic mass is 9.78. The summed E-state index contributed by atoms with van der Waals surface area (Å²) in [6.45, 7) is 2.28. The standard InChI is InChI=1S/C32H36FNO5S/c1-22(25-9-13-29(33)14-10-25)17-31(35)27-7-5-23(6-8-27)21-40(38,39)30-15-11-26(12-16-30)28-4-2-3-24(18-28)19-34-20-32(36)37/h2-4,9-16,18,22-23,27,34H,5-8,17,19-21H2,1H3,(H,36,37)/t22-,23?,27?/m0/s1. The Morgan fingerprint density at radius 1 is 0.950 bits per heavy atom. The number of hydrogen-bond acceptors (Lipinski definition) is 5. The second-order valence-electron chi connectivity index (χ2n) is 10.8. The van der Waals surface area contributed by atoms with Gasteiger partial charge in [0.2, 0.25) is 0 Å². The first-order chi connectivity index (χ1) is 19.1. The van der Waals surface area contributed by atoms with Crippen molar-refractivity contribution in [3.8, 4) is 11.1 Å². The number of hydrogen-bond donors (Lipinski definition) is 2. The molecule has 0 spiro atoms. The molecule has 6 nitrogen and oxygen atoms in total. The van der Waals surface area contributed by atoms with Crippen LogP contribution in [-0.2, 0) is 26.0 Å². The average molecular weight is 566 g/mol. The fraction of sp³-hybridized carbons (Fsp3) is 0.375. The first-order valence-corrected chi connectivity index (χ1v) is 15.4. The molecule has 0 aliphatic heterocycles. The highest BCUT2D eigenvalue weighted by atomic mass is 32.2. The van der Waals surface area contributed by atoms with Crippen molar-refractivity contribution in [1.82, 2.24) is 5.32 Å². The van der Waals surface area contributed by atoms with E-state index in [1.54, 1.807) is 36.4 Å². The van der Waals surface area contributed by atoms with Crippen molar-refractivity contribution < 1.29 is 27.5 Å². The van der Waals surface area contributed by atoms with Crippen molar-refractivity contribution in [3.63, 3.8) is 0 Å². The number of rotatable bonds is 12. The molecule has 1 aliphatic carbocycles. The van der Waals surface area contributed by atoms with Crippen LogP contribution in [0, 0.1) is 17.7 Å². The van der Waals surface area contributed by atoms with E-state index in [1.165, 1.54) is 12.1 Å². The van der Waals surface area contributed by atoms with E-state index in [4.69, 9.17) is 5.11 Å². The first-order valence-electron chi connectivity index (χ1n) is 13.7. The Hall–Kier alpha value is -3.36. The molecule has 0 saturated heterocycles.